The zero-order valence-corrected chi connectivity index (χ0v) is 17.0. The van der Waals surface area contributed by atoms with Crippen molar-refractivity contribution < 1.29 is 9.53 Å². The third-order valence-electron chi connectivity index (χ3n) is 5.72. The molecular formula is C22H27N5O2. The van der Waals surface area contributed by atoms with Crippen molar-refractivity contribution in [2.75, 3.05) is 33.4 Å². The Kier molecular flexibility index (Phi) is 5.97. The van der Waals surface area contributed by atoms with Crippen molar-refractivity contribution in [3.8, 4) is 11.4 Å². The monoisotopic (exact) mass is 393 g/mol. The smallest absolute Gasteiger partial charge is 0.142 e. The molecule has 4 rings (SSSR count). The minimum absolute atomic E-state index is 0.125. The standard InChI is InChI=1S/C22H27N5O2/c1-26-15-23-14-21(26)19-4-3-17-13-24-18(11-20(17)25-19)12-22(28)16-5-7-27(8-6-16)9-10-29-2/h3-4,11,13-16H,5-10,12H2,1-2H3. The first kappa shape index (κ1) is 19.7. The van der Waals surface area contributed by atoms with E-state index in [2.05, 4.69) is 14.9 Å². The molecule has 1 aliphatic heterocycles. The first-order valence-electron chi connectivity index (χ1n) is 10.1. The van der Waals surface area contributed by atoms with Gasteiger partial charge in [0.25, 0.3) is 0 Å². The number of hydrogen-bond acceptors (Lipinski definition) is 6. The number of fused-ring (bicyclic) bond motifs is 1. The Morgan fingerprint density at radius 1 is 1.24 bits per heavy atom. The maximum Gasteiger partial charge on any atom is 0.142 e. The molecule has 0 aliphatic carbocycles. The number of hydrogen-bond donors (Lipinski definition) is 0. The highest BCUT2D eigenvalue weighted by Gasteiger charge is 2.25. The van der Waals surface area contributed by atoms with Gasteiger partial charge in [-0.05, 0) is 44.1 Å². The number of methoxy groups -OCH3 is 1. The lowest BCUT2D eigenvalue weighted by molar-refractivity contribution is -0.123. The quantitative estimate of drug-likeness (QED) is 0.614. The van der Waals surface area contributed by atoms with Crippen LogP contribution < -0.4 is 0 Å². The highest BCUT2D eigenvalue weighted by atomic mass is 16.5. The number of nitrogens with zero attached hydrogens (tertiary/aromatic N) is 5. The number of ether oxygens (including phenoxy) is 1. The van der Waals surface area contributed by atoms with E-state index in [9.17, 15) is 4.79 Å². The SMILES string of the molecule is COCCN1CCC(C(=O)Cc2cc3nc(-c4cncn4C)ccc3cn2)CC1. The molecule has 0 saturated carbocycles. The molecule has 0 spiro atoms. The van der Waals surface area contributed by atoms with E-state index in [1.807, 2.05) is 36.0 Å². The van der Waals surface area contributed by atoms with Gasteiger partial charge in [0.05, 0.1) is 36.0 Å². The van der Waals surface area contributed by atoms with Crippen LogP contribution in [0.1, 0.15) is 18.5 Å². The average molecular weight is 393 g/mol. The van der Waals surface area contributed by atoms with E-state index < -0.39 is 0 Å². The maximum absolute atomic E-state index is 12.8. The van der Waals surface area contributed by atoms with Gasteiger partial charge in [0, 0.05) is 50.3 Å². The Morgan fingerprint density at radius 2 is 2.07 bits per heavy atom. The lowest BCUT2D eigenvalue weighted by Gasteiger charge is -2.30. The molecule has 0 atom stereocenters. The predicted octanol–water partition coefficient (Wildman–Crippen LogP) is 2.50. The highest BCUT2D eigenvalue weighted by Crippen LogP contribution is 2.22. The van der Waals surface area contributed by atoms with E-state index in [0.29, 0.717) is 6.42 Å². The molecule has 1 saturated heterocycles. The molecule has 7 nitrogen and oxygen atoms in total. The number of rotatable bonds is 7. The second-order valence-corrected chi connectivity index (χ2v) is 7.71. The Labute approximate surface area is 170 Å². The molecule has 7 heteroatoms. The van der Waals surface area contributed by atoms with Gasteiger partial charge in [-0.3, -0.25) is 9.78 Å². The van der Waals surface area contributed by atoms with Crippen LogP contribution in [0.2, 0.25) is 0 Å². The van der Waals surface area contributed by atoms with Crippen molar-refractivity contribution >= 4 is 16.7 Å². The number of aryl methyl sites for hydroxylation is 1. The zero-order valence-electron chi connectivity index (χ0n) is 17.0. The molecule has 1 fully saturated rings. The topological polar surface area (TPSA) is 73.1 Å². The summed E-state index contributed by atoms with van der Waals surface area (Å²) in [6.07, 6.45) is 7.58. The molecule has 0 radical (unpaired) electrons. The molecular weight excluding hydrogens is 366 g/mol. The normalized spacial score (nSPS) is 15.8. The first-order valence-corrected chi connectivity index (χ1v) is 10.1. The van der Waals surface area contributed by atoms with E-state index in [4.69, 9.17) is 9.72 Å². The molecule has 3 aromatic rings. The van der Waals surface area contributed by atoms with Gasteiger partial charge < -0.3 is 14.2 Å². The van der Waals surface area contributed by atoms with E-state index in [1.165, 1.54) is 0 Å². The summed E-state index contributed by atoms with van der Waals surface area (Å²) in [4.78, 5) is 28.6. The van der Waals surface area contributed by atoms with Crippen molar-refractivity contribution in [2.45, 2.75) is 19.3 Å². The van der Waals surface area contributed by atoms with Gasteiger partial charge in [0.2, 0.25) is 0 Å². The third kappa shape index (κ3) is 4.52. The Balaban J connectivity index is 1.44. The van der Waals surface area contributed by atoms with Crippen LogP contribution in [0.4, 0.5) is 0 Å². The third-order valence-corrected chi connectivity index (χ3v) is 5.72. The summed E-state index contributed by atoms with van der Waals surface area (Å²) in [7, 11) is 3.67. The minimum atomic E-state index is 0.125. The minimum Gasteiger partial charge on any atom is -0.383 e. The van der Waals surface area contributed by atoms with Gasteiger partial charge in [-0.15, -0.1) is 0 Å². The number of Topliss-reactive ketones (excluding diaryl/α,β-unsaturated/α-hetero) is 1. The molecule has 4 heterocycles. The van der Waals surface area contributed by atoms with Crippen molar-refractivity contribution in [1.82, 2.24) is 24.4 Å². The van der Waals surface area contributed by atoms with Gasteiger partial charge in [0.1, 0.15) is 5.78 Å². The predicted molar refractivity (Wildman–Crippen MR) is 111 cm³/mol. The summed E-state index contributed by atoms with van der Waals surface area (Å²) in [5.74, 6) is 0.408. The second kappa shape index (κ2) is 8.80. The number of piperidine rings is 1. The molecule has 1 aliphatic rings. The fraction of sp³-hybridized carbons (Fsp3) is 0.455. The largest absolute Gasteiger partial charge is 0.383 e. The van der Waals surface area contributed by atoms with Crippen LogP contribution in [-0.2, 0) is 23.0 Å². The first-order chi connectivity index (χ1) is 14.1. The van der Waals surface area contributed by atoms with Crippen LogP contribution >= 0.6 is 0 Å². The summed E-state index contributed by atoms with van der Waals surface area (Å²) in [5, 5.41) is 0.971. The number of imidazole rings is 1. The van der Waals surface area contributed by atoms with Crippen LogP contribution in [-0.4, -0.2) is 63.6 Å². The van der Waals surface area contributed by atoms with Crippen molar-refractivity contribution in [3.63, 3.8) is 0 Å². The molecule has 29 heavy (non-hydrogen) atoms. The summed E-state index contributed by atoms with van der Waals surface area (Å²) in [6, 6.07) is 5.93. The summed E-state index contributed by atoms with van der Waals surface area (Å²) >= 11 is 0. The second-order valence-electron chi connectivity index (χ2n) is 7.71. The molecule has 0 aromatic carbocycles. The molecule has 0 N–H and O–H groups in total. The van der Waals surface area contributed by atoms with E-state index in [0.717, 1.165) is 67.1 Å². The van der Waals surface area contributed by atoms with Crippen LogP contribution in [0, 0.1) is 5.92 Å². The summed E-state index contributed by atoms with van der Waals surface area (Å²) in [6.45, 7) is 3.60. The number of pyridine rings is 2. The molecule has 0 unspecified atom stereocenters. The van der Waals surface area contributed by atoms with Crippen LogP contribution in [0.15, 0.2) is 36.9 Å². The van der Waals surface area contributed by atoms with Crippen LogP contribution in [0.3, 0.4) is 0 Å². The Morgan fingerprint density at radius 3 is 2.79 bits per heavy atom. The van der Waals surface area contributed by atoms with E-state index >= 15 is 0 Å². The molecule has 3 aromatic heterocycles. The number of carbonyl (C=O) groups is 1. The zero-order chi connectivity index (χ0) is 20.2. The Bertz CT molecular complexity index is 992. The lowest BCUT2D eigenvalue weighted by atomic mass is 9.90. The summed E-state index contributed by atoms with van der Waals surface area (Å²) < 4.78 is 7.09. The van der Waals surface area contributed by atoms with Gasteiger partial charge in [-0.1, -0.05) is 0 Å². The number of carbonyl (C=O) groups excluding carboxylic acids is 1. The van der Waals surface area contributed by atoms with Crippen molar-refractivity contribution in [3.05, 3.63) is 42.6 Å². The number of aromatic nitrogens is 4. The van der Waals surface area contributed by atoms with Crippen LogP contribution in [0.25, 0.3) is 22.3 Å². The summed E-state index contributed by atoms with van der Waals surface area (Å²) in [5.41, 5.74) is 3.47. The molecule has 152 valence electrons. The lowest BCUT2D eigenvalue weighted by Crippen LogP contribution is -2.38. The number of likely N-dealkylation sites (tertiary alicyclic amines) is 1. The van der Waals surface area contributed by atoms with Crippen molar-refractivity contribution in [1.29, 1.82) is 0 Å². The average Bonchev–Trinajstić information content (AvgIpc) is 3.18. The van der Waals surface area contributed by atoms with Gasteiger partial charge in [-0.2, -0.15) is 0 Å². The molecule has 0 amide bonds. The number of ketones is 1. The van der Waals surface area contributed by atoms with Gasteiger partial charge in [0.15, 0.2) is 0 Å². The highest BCUT2D eigenvalue weighted by molar-refractivity contribution is 5.85. The fourth-order valence-electron chi connectivity index (χ4n) is 3.92. The van der Waals surface area contributed by atoms with E-state index in [-0.39, 0.29) is 11.7 Å². The maximum atomic E-state index is 12.8. The van der Waals surface area contributed by atoms with Gasteiger partial charge >= 0.3 is 0 Å². The van der Waals surface area contributed by atoms with Crippen LogP contribution in [0.5, 0.6) is 0 Å². The fourth-order valence-corrected chi connectivity index (χ4v) is 3.92. The van der Waals surface area contributed by atoms with Crippen molar-refractivity contribution in [2.24, 2.45) is 13.0 Å². The molecule has 0 bridgehead atoms. The Hall–Kier alpha value is -2.64. The van der Waals surface area contributed by atoms with Gasteiger partial charge in [-0.25, -0.2) is 9.97 Å². The van der Waals surface area contributed by atoms with E-state index in [1.54, 1.807) is 19.6 Å².